The van der Waals surface area contributed by atoms with E-state index in [4.69, 9.17) is 0 Å². The molecule has 0 amide bonds. The van der Waals surface area contributed by atoms with E-state index in [1.165, 1.54) is 0 Å². The Labute approximate surface area is 83.0 Å². The molecule has 0 aliphatic carbocycles. The maximum atomic E-state index is 0. The van der Waals surface area contributed by atoms with Gasteiger partial charge < -0.3 is 5.48 Å². The molecule has 0 unspecified atom stereocenters. The first-order chi connectivity index (χ1) is 0. The molecule has 0 saturated carbocycles. The third-order valence-corrected chi connectivity index (χ3v) is 0. The van der Waals surface area contributed by atoms with E-state index < -0.39 is 0 Å². The van der Waals surface area contributed by atoms with Gasteiger partial charge in [0.25, 0.3) is 0 Å². The van der Waals surface area contributed by atoms with Crippen LogP contribution >= 0.6 is 0 Å². The number of hydrogen-bond donors (Lipinski definition) is 0. The van der Waals surface area contributed by atoms with Crippen molar-refractivity contribution >= 4 is 0 Å². The maximum absolute atomic E-state index is 0. The summed E-state index contributed by atoms with van der Waals surface area (Å²) >= 11 is 0. The fraction of sp³-hybridized carbons (Fsp3) is 0. The van der Waals surface area contributed by atoms with Crippen LogP contribution < -0.4 is 18.9 Å². The van der Waals surface area contributed by atoms with Crippen molar-refractivity contribution in [2.45, 2.75) is 0 Å². The van der Waals surface area contributed by atoms with Crippen molar-refractivity contribution in [1.82, 2.24) is 0 Å². The molecule has 0 atom stereocenters. The van der Waals surface area contributed by atoms with Gasteiger partial charge in [0.05, 0.1) is 0 Å². The molecule has 1 radical (unpaired) electrons. The van der Waals surface area contributed by atoms with E-state index in [1.807, 2.05) is 0 Å². The summed E-state index contributed by atoms with van der Waals surface area (Å²) in [5.74, 6) is 0. The third-order valence-electron chi connectivity index (χ3n) is 0. The molecule has 5 heavy (non-hydrogen) atoms. The van der Waals surface area contributed by atoms with Crippen molar-refractivity contribution in [2.24, 2.45) is 0 Å². The van der Waals surface area contributed by atoms with Gasteiger partial charge in [0.1, 0.15) is 0 Å². The average molecular weight is 228 g/mol. The molecule has 0 aromatic carbocycles. The van der Waals surface area contributed by atoms with Gasteiger partial charge in [0, 0.05) is 0 Å². The zero-order chi connectivity index (χ0) is 0. The fourth-order valence-corrected chi connectivity index (χ4v) is 0. The van der Waals surface area contributed by atoms with Crippen LogP contribution in [0.3, 0.4) is 0 Å². The predicted octanol–water partition coefficient (Wildman–Crippen LogP) is -3.12. The smallest absolute Gasteiger partial charge is 2.00 e. The molecule has 0 aromatic rings. The van der Waals surface area contributed by atoms with E-state index in [0.717, 1.165) is 0 Å². The molecule has 5 heteroatoms. The van der Waals surface area contributed by atoms with Crippen molar-refractivity contribution in [2.75, 3.05) is 0 Å². The van der Waals surface area contributed by atoms with Crippen LogP contribution in [-0.2, 0) is 65.2 Å². The van der Waals surface area contributed by atoms with Crippen LogP contribution in [0.4, 0.5) is 0 Å². The Hall–Kier alpha value is 2.45. The predicted molar refractivity (Wildman–Crippen MR) is 0.686 cm³/mol. The van der Waals surface area contributed by atoms with Gasteiger partial charge in [-0.05, 0) is 0 Å². The summed E-state index contributed by atoms with van der Waals surface area (Å²) in [5.41, 5.74) is 0. The van der Waals surface area contributed by atoms with Gasteiger partial charge in [-0.2, -0.15) is 0 Å². The fourth-order valence-electron chi connectivity index (χ4n) is 0. The van der Waals surface area contributed by atoms with Crippen LogP contribution in [0.25, 0.3) is 0 Å². The van der Waals surface area contributed by atoms with Gasteiger partial charge in [0.2, 0.25) is 0 Å². The van der Waals surface area contributed by atoms with Crippen LogP contribution in [0.1, 0.15) is 0 Å². The molecular formula is LiMnNiOZr+7. The largest absolute Gasteiger partial charge is 4.00 e. The summed E-state index contributed by atoms with van der Waals surface area (Å²) in [6.07, 6.45) is 0. The van der Waals surface area contributed by atoms with Gasteiger partial charge in [-0.1, -0.05) is 0 Å². The second-order valence-corrected chi connectivity index (χ2v) is 0. The molecule has 0 heterocycles. The quantitative estimate of drug-likeness (QED) is 0.392. The molecule has 0 aliphatic rings. The molecule has 1 nitrogen and oxygen atoms in total. The summed E-state index contributed by atoms with van der Waals surface area (Å²) in [5, 5.41) is 0. The molecule has 0 aliphatic heterocycles. The Bertz CT molecular complexity index is 11.6. The van der Waals surface area contributed by atoms with Crippen molar-refractivity contribution in [1.29, 1.82) is 0 Å². The zero-order valence-corrected chi connectivity index (χ0v) is 7.23. The van der Waals surface area contributed by atoms with Gasteiger partial charge in [0.15, 0.2) is 0 Å². The van der Waals surface area contributed by atoms with Crippen LogP contribution in [0, 0.1) is 0 Å². The number of hydrogen-bond acceptors (Lipinski definition) is 0. The Kier molecular flexibility index (Phi) is 329. The molecule has 0 aromatic heterocycles. The summed E-state index contributed by atoms with van der Waals surface area (Å²) < 4.78 is 0. The first-order valence-electron chi connectivity index (χ1n) is 0. The van der Waals surface area contributed by atoms with Crippen LogP contribution in [0.2, 0.25) is 0 Å². The van der Waals surface area contributed by atoms with Crippen LogP contribution in [0.5, 0.6) is 0 Å². The summed E-state index contributed by atoms with van der Waals surface area (Å²) in [4.78, 5) is 0. The van der Waals surface area contributed by atoms with Crippen LogP contribution in [-0.4, -0.2) is 0 Å². The van der Waals surface area contributed by atoms with E-state index in [0.29, 0.717) is 0 Å². The molecule has 21 valence electrons. The first-order valence-corrected chi connectivity index (χ1v) is 0. The van der Waals surface area contributed by atoms with Gasteiger partial charge in [-0.25, -0.2) is 0 Å². The van der Waals surface area contributed by atoms with Crippen LogP contribution in [0.15, 0.2) is 0 Å². The molecular weight excluding hydrogens is 228 g/mol. The monoisotopic (exact) mass is 226 g/mol. The van der Waals surface area contributed by atoms with Crippen molar-refractivity contribution in [3.8, 4) is 0 Å². The first kappa shape index (κ1) is 51.6. The zero-order valence-electron chi connectivity index (χ0n) is 2.60. The van der Waals surface area contributed by atoms with E-state index in [2.05, 4.69) is 0 Å². The molecule has 0 saturated heterocycles. The molecule has 0 rings (SSSR count). The Balaban J connectivity index is 0. The maximum Gasteiger partial charge on any atom is 4.00 e. The van der Waals surface area contributed by atoms with Crippen molar-refractivity contribution in [3.05, 3.63) is 0 Å². The van der Waals surface area contributed by atoms with E-state index in [9.17, 15) is 0 Å². The van der Waals surface area contributed by atoms with Gasteiger partial charge >= 0.3 is 78.6 Å². The Morgan fingerprint density at radius 3 is 1.00 bits per heavy atom. The van der Waals surface area contributed by atoms with E-state index in [1.54, 1.807) is 0 Å². The van der Waals surface area contributed by atoms with Gasteiger partial charge in [-0.3, -0.25) is 0 Å². The van der Waals surface area contributed by atoms with Crippen molar-refractivity contribution in [3.63, 3.8) is 0 Å². The Morgan fingerprint density at radius 1 is 1.00 bits per heavy atom. The second kappa shape index (κ2) is 31.9. The van der Waals surface area contributed by atoms with Crippen molar-refractivity contribution < 1.29 is 84.1 Å². The third kappa shape index (κ3) is 21.3. The minimum absolute atomic E-state index is 0. The standard InChI is InChI=1S/Li.Mn.Ni.O.Zr/q+1;2*+2;-2;+4. The summed E-state index contributed by atoms with van der Waals surface area (Å²) in [6, 6.07) is 0. The second-order valence-electron chi connectivity index (χ2n) is 0. The Morgan fingerprint density at radius 2 is 1.00 bits per heavy atom. The molecule has 0 fully saturated rings. The number of rotatable bonds is 0. The topological polar surface area (TPSA) is 28.5 Å². The average Bonchev–Trinajstić information content (AvgIpc) is 0. The normalized spacial score (nSPS) is 0. The SMILES string of the molecule is [Li+].[Mn+2].[Ni+2].[O-2].[Zr+4]. The molecule has 0 N–H and O–H groups in total. The van der Waals surface area contributed by atoms with E-state index >= 15 is 0 Å². The minimum atomic E-state index is 0. The summed E-state index contributed by atoms with van der Waals surface area (Å²) in [6.45, 7) is 0. The minimum Gasteiger partial charge on any atom is -2.00 e. The molecule has 0 bridgehead atoms. The van der Waals surface area contributed by atoms with Gasteiger partial charge in [-0.15, -0.1) is 0 Å². The van der Waals surface area contributed by atoms with E-state index in [-0.39, 0.29) is 84.1 Å². The summed E-state index contributed by atoms with van der Waals surface area (Å²) in [7, 11) is 0. The molecule has 0 spiro atoms.